The van der Waals surface area contributed by atoms with Gasteiger partial charge in [0.25, 0.3) is 5.91 Å². The molecule has 10 heteroatoms. The van der Waals surface area contributed by atoms with Crippen molar-refractivity contribution < 1.29 is 19.1 Å². The first-order valence-electron chi connectivity index (χ1n) is 13.5. The van der Waals surface area contributed by atoms with Gasteiger partial charge >= 0.3 is 0 Å². The van der Waals surface area contributed by atoms with Gasteiger partial charge in [0, 0.05) is 39.8 Å². The molecule has 9 nitrogen and oxygen atoms in total. The van der Waals surface area contributed by atoms with Crippen molar-refractivity contribution >= 4 is 29.3 Å². The average Bonchev–Trinajstić information content (AvgIpc) is 2.93. The lowest BCUT2D eigenvalue weighted by Crippen LogP contribution is -2.60. The highest BCUT2D eigenvalue weighted by molar-refractivity contribution is 6.31. The van der Waals surface area contributed by atoms with Gasteiger partial charge in [-0.15, -0.1) is 0 Å². The SMILES string of the molecule is CO[C@@H](C)C(=O)N1CCC(C2CCC3NCN(CC(=O)N(C)Cc4ccc(C#N)c(Cl)c4)C(=O)C3C2)CC1. The quantitative estimate of drug-likeness (QED) is 0.566. The third kappa shape index (κ3) is 6.31. The molecular weight excluding hydrogens is 506 g/mol. The number of nitriles is 1. The zero-order valence-corrected chi connectivity index (χ0v) is 23.2. The number of amides is 3. The third-order valence-corrected chi connectivity index (χ3v) is 8.92. The highest BCUT2D eigenvalue weighted by atomic mass is 35.5. The van der Waals surface area contributed by atoms with E-state index in [1.165, 1.54) is 0 Å². The van der Waals surface area contributed by atoms with E-state index >= 15 is 0 Å². The van der Waals surface area contributed by atoms with Crippen LogP contribution in [-0.2, 0) is 25.7 Å². The summed E-state index contributed by atoms with van der Waals surface area (Å²) in [6.07, 6.45) is 4.37. The van der Waals surface area contributed by atoms with E-state index in [0.717, 1.165) is 50.8 Å². The number of likely N-dealkylation sites (tertiary alicyclic amines) is 1. The van der Waals surface area contributed by atoms with Crippen LogP contribution in [0.4, 0.5) is 0 Å². The predicted octanol–water partition coefficient (Wildman–Crippen LogP) is 2.62. The maximum atomic E-state index is 13.5. The summed E-state index contributed by atoms with van der Waals surface area (Å²) >= 11 is 6.13. The summed E-state index contributed by atoms with van der Waals surface area (Å²) in [5.74, 6) is 0.809. The molecule has 4 rings (SSSR count). The lowest BCUT2D eigenvalue weighted by molar-refractivity contribution is -0.149. The Kier molecular flexibility index (Phi) is 9.29. The van der Waals surface area contributed by atoms with Crippen LogP contribution in [0, 0.1) is 29.1 Å². The number of hydrogen-bond acceptors (Lipinski definition) is 6. The standard InChI is InChI=1S/C28H38ClN5O4/c1-18(38-3)27(36)33-10-8-20(9-11-33)21-6-7-25-23(13-21)28(37)34(17-31-25)16-26(35)32(2)15-19-4-5-22(14-30)24(29)12-19/h4-5,12,18,20-21,23,25,31H,6-11,13,15-17H2,1-3H3/t18-,21?,23?,25?/m0/s1. The summed E-state index contributed by atoms with van der Waals surface area (Å²) in [7, 11) is 3.27. The minimum Gasteiger partial charge on any atom is -0.372 e. The first kappa shape index (κ1) is 28.3. The molecule has 2 heterocycles. The van der Waals surface area contributed by atoms with Gasteiger partial charge in [-0.25, -0.2) is 0 Å². The number of rotatable bonds is 7. The van der Waals surface area contributed by atoms with Crippen molar-refractivity contribution in [3.05, 3.63) is 34.3 Å². The summed E-state index contributed by atoms with van der Waals surface area (Å²) < 4.78 is 5.19. The number of methoxy groups -OCH3 is 1. The lowest BCUT2D eigenvalue weighted by Gasteiger charge is -2.46. The smallest absolute Gasteiger partial charge is 0.251 e. The Morgan fingerprint density at radius 1 is 1.24 bits per heavy atom. The number of benzene rings is 1. The van der Waals surface area contributed by atoms with Gasteiger partial charge in [0.1, 0.15) is 18.7 Å². The monoisotopic (exact) mass is 543 g/mol. The molecule has 0 radical (unpaired) electrons. The molecule has 38 heavy (non-hydrogen) atoms. The Morgan fingerprint density at radius 2 is 1.97 bits per heavy atom. The Morgan fingerprint density at radius 3 is 2.63 bits per heavy atom. The fourth-order valence-corrected chi connectivity index (χ4v) is 6.41. The topological polar surface area (TPSA) is 106 Å². The van der Waals surface area contributed by atoms with Crippen LogP contribution >= 0.6 is 11.6 Å². The van der Waals surface area contributed by atoms with Gasteiger partial charge in [0.15, 0.2) is 0 Å². The molecule has 1 aliphatic carbocycles. The van der Waals surface area contributed by atoms with Crippen LogP contribution in [0.3, 0.4) is 0 Å². The van der Waals surface area contributed by atoms with E-state index in [2.05, 4.69) is 5.32 Å². The van der Waals surface area contributed by atoms with Crippen LogP contribution in [0.1, 0.15) is 50.2 Å². The zero-order valence-electron chi connectivity index (χ0n) is 22.5. The largest absolute Gasteiger partial charge is 0.372 e. The predicted molar refractivity (Wildman–Crippen MR) is 143 cm³/mol. The second-order valence-corrected chi connectivity index (χ2v) is 11.3. The van der Waals surface area contributed by atoms with Crippen molar-refractivity contribution in [3.63, 3.8) is 0 Å². The summed E-state index contributed by atoms with van der Waals surface area (Å²) in [6.45, 7) is 4.02. The number of nitrogens with one attached hydrogen (secondary N) is 1. The van der Waals surface area contributed by atoms with Crippen molar-refractivity contribution in [1.29, 1.82) is 5.26 Å². The van der Waals surface area contributed by atoms with Crippen LogP contribution in [0.2, 0.25) is 5.02 Å². The molecule has 206 valence electrons. The molecule has 4 atom stereocenters. The zero-order chi connectivity index (χ0) is 27.4. The molecule has 2 saturated heterocycles. The van der Waals surface area contributed by atoms with Gasteiger partial charge < -0.3 is 19.4 Å². The maximum Gasteiger partial charge on any atom is 0.251 e. The maximum absolute atomic E-state index is 13.5. The first-order chi connectivity index (χ1) is 18.2. The van der Waals surface area contributed by atoms with Gasteiger partial charge in [0.2, 0.25) is 11.8 Å². The molecule has 3 fully saturated rings. The second-order valence-electron chi connectivity index (χ2n) is 10.9. The van der Waals surface area contributed by atoms with Crippen LogP contribution in [-0.4, -0.2) is 85.0 Å². The number of carbonyl (C=O) groups is 3. The van der Waals surface area contributed by atoms with E-state index in [-0.39, 0.29) is 36.2 Å². The van der Waals surface area contributed by atoms with E-state index in [1.807, 2.05) is 11.0 Å². The molecule has 3 amide bonds. The molecule has 1 aromatic rings. The summed E-state index contributed by atoms with van der Waals surface area (Å²) in [5, 5.41) is 12.9. The minimum absolute atomic E-state index is 0.0262. The molecule has 2 aliphatic heterocycles. The second kappa shape index (κ2) is 12.5. The van der Waals surface area contributed by atoms with E-state index in [1.54, 1.807) is 49.1 Å². The molecule has 3 aliphatic rings. The van der Waals surface area contributed by atoms with Crippen LogP contribution in [0.15, 0.2) is 18.2 Å². The summed E-state index contributed by atoms with van der Waals surface area (Å²) in [4.78, 5) is 44.0. The lowest BCUT2D eigenvalue weighted by atomic mass is 9.69. The first-order valence-corrected chi connectivity index (χ1v) is 13.9. The van der Waals surface area contributed by atoms with E-state index < -0.39 is 6.10 Å². The minimum atomic E-state index is -0.414. The average molecular weight is 544 g/mol. The Balaban J connectivity index is 1.30. The third-order valence-electron chi connectivity index (χ3n) is 8.61. The normalized spacial score (nSPS) is 24.9. The number of fused-ring (bicyclic) bond motifs is 1. The number of halogens is 1. The van der Waals surface area contributed by atoms with Gasteiger partial charge in [0.05, 0.1) is 23.2 Å². The molecule has 1 saturated carbocycles. The van der Waals surface area contributed by atoms with Crippen molar-refractivity contribution in [1.82, 2.24) is 20.0 Å². The van der Waals surface area contributed by atoms with Crippen LogP contribution in [0.5, 0.6) is 0 Å². The van der Waals surface area contributed by atoms with Gasteiger partial charge in [-0.05, 0) is 68.6 Å². The summed E-state index contributed by atoms with van der Waals surface area (Å²) in [5.41, 5.74) is 1.22. The molecule has 0 aromatic heterocycles. The Labute approximate surface area is 230 Å². The molecule has 0 bridgehead atoms. The van der Waals surface area contributed by atoms with Gasteiger partial charge in [-0.3, -0.25) is 19.7 Å². The molecular formula is C28H38ClN5O4. The summed E-state index contributed by atoms with van der Waals surface area (Å²) in [6, 6.07) is 7.32. The number of carbonyl (C=O) groups excluding carboxylic acids is 3. The number of hydrogen-bond donors (Lipinski definition) is 1. The van der Waals surface area contributed by atoms with Gasteiger partial charge in [-0.1, -0.05) is 17.7 Å². The highest BCUT2D eigenvalue weighted by Crippen LogP contribution is 2.40. The number of nitrogens with zero attached hydrogens (tertiary/aromatic N) is 4. The van der Waals surface area contributed by atoms with Gasteiger partial charge in [-0.2, -0.15) is 5.26 Å². The molecule has 1 N–H and O–H groups in total. The Bertz CT molecular complexity index is 1080. The fraction of sp³-hybridized carbons (Fsp3) is 0.643. The van der Waals surface area contributed by atoms with Crippen molar-refractivity contribution in [2.45, 2.75) is 57.7 Å². The highest BCUT2D eigenvalue weighted by Gasteiger charge is 2.43. The number of likely N-dealkylation sites (N-methyl/N-ethyl adjacent to an activating group) is 1. The van der Waals surface area contributed by atoms with Crippen molar-refractivity contribution in [2.24, 2.45) is 17.8 Å². The fourth-order valence-electron chi connectivity index (χ4n) is 6.17. The number of piperidine rings is 1. The molecule has 1 aromatic carbocycles. The molecule has 3 unspecified atom stereocenters. The van der Waals surface area contributed by atoms with E-state index in [9.17, 15) is 14.4 Å². The Hall–Kier alpha value is -2.67. The van der Waals surface area contributed by atoms with Crippen LogP contribution in [0.25, 0.3) is 0 Å². The molecule has 0 spiro atoms. The number of ether oxygens (including phenoxy) is 1. The van der Waals surface area contributed by atoms with Crippen molar-refractivity contribution in [2.75, 3.05) is 40.5 Å². The van der Waals surface area contributed by atoms with E-state index in [0.29, 0.717) is 35.6 Å². The van der Waals surface area contributed by atoms with E-state index in [4.69, 9.17) is 21.6 Å². The van der Waals surface area contributed by atoms with Crippen molar-refractivity contribution in [3.8, 4) is 6.07 Å². The van der Waals surface area contributed by atoms with Crippen LogP contribution < -0.4 is 5.32 Å².